The van der Waals surface area contributed by atoms with Gasteiger partial charge in [-0.05, 0) is 30.2 Å². The van der Waals surface area contributed by atoms with Crippen LogP contribution in [0.2, 0.25) is 0 Å². The Morgan fingerprint density at radius 2 is 1.60 bits per heavy atom. The second-order valence-corrected chi connectivity index (χ2v) is 8.49. The minimum absolute atomic E-state index is 0.0157. The van der Waals surface area contributed by atoms with Crippen molar-refractivity contribution in [1.82, 2.24) is 4.31 Å². The lowest BCUT2D eigenvalue weighted by Crippen LogP contribution is -2.30. The van der Waals surface area contributed by atoms with E-state index < -0.39 is 16.0 Å². The van der Waals surface area contributed by atoms with Crippen molar-refractivity contribution >= 4 is 27.9 Å². The Morgan fingerprint density at radius 1 is 0.967 bits per heavy atom. The van der Waals surface area contributed by atoms with E-state index >= 15 is 0 Å². The lowest BCUT2D eigenvalue weighted by atomic mass is 10.1. The van der Waals surface area contributed by atoms with Gasteiger partial charge in [0.15, 0.2) is 5.78 Å². The van der Waals surface area contributed by atoms with Crippen LogP contribution in [-0.4, -0.2) is 44.2 Å². The Bertz CT molecular complexity index is 962. The van der Waals surface area contributed by atoms with Gasteiger partial charge in [0.2, 0.25) is 10.0 Å². The molecule has 0 heterocycles. The number of esters is 1. The predicted molar refractivity (Wildman–Crippen MR) is 117 cm³/mol. The molecule has 0 N–H and O–H groups in total. The molecular formula is C23H27NO5S. The second-order valence-electron chi connectivity index (χ2n) is 6.55. The number of ether oxygens (including phenoxy) is 1. The quantitative estimate of drug-likeness (QED) is 0.234. The minimum Gasteiger partial charge on any atom is -0.463 e. The maximum Gasteiger partial charge on any atom is 0.330 e. The van der Waals surface area contributed by atoms with Crippen molar-refractivity contribution in [2.75, 3.05) is 19.7 Å². The van der Waals surface area contributed by atoms with E-state index in [2.05, 4.69) is 0 Å². The van der Waals surface area contributed by atoms with Crippen molar-refractivity contribution in [3.8, 4) is 0 Å². The molecule has 0 atom stereocenters. The van der Waals surface area contributed by atoms with Gasteiger partial charge in [0, 0.05) is 31.1 Å². The minimum atomic E-state index is -3.50. The van der Waals surface area contributed by atoms with Crippen LogP contribution < -0.4 is 0 Å². The number of sulfonamides is 1. The van der Waals surface area contributed by atoms with Crippen molar-refractivity contribution in [1.29, 1.82) is 0 Å². The maximum atomic E-state index is 12.5. The molecule has 0 fully saturated rings. The van der Waals surface area contributed by atoms with Crippen LogP contribution in [0.5, 0.6) is 0 Å². The summed E-state index contributed by atoms with van der Waals surface area (Å²) in [5, 5.41) is 0. The Hall–Kier alpha value is -2.77. The molecule has 2 aromatic rings. The summed E-state index contributed by atoms with van der Waals surface area (Å²) in [4.78, 5) is 24.0. The number of carbonyl (C=O) groups is 2. The summed E-state index contributed by atoms with van der Waals surface area (Å²) in [5.41, 5.74) is 1.33. The van der Waals surface area contributed by atoms with Crippen LogP contribution >= 0.6 is 0 Å². The first-order valence-corrected chi connectivity index (χ1v) is 11.4. The molecule has 0 spiro atoms. The van der Waals surface area contributed by atoms with Crippen LogP contribution in [0.3, 0.4) is 0 Å². The number of hydrogen-bond donors (Lipinski definition) is 0. The number of nitrogens with zero attached hydrogens (tertiary/aromatic N) is 1. The molecule has 0 aliphatic carbocycles. The van der Waals surface area contributed by atoms with Crippen molar-refractivity contribution < 1.29 is 22.7 Å². The Morgan fingerprint density at radius 3 is 2.20 bits per heavy atom. The first-order chi connectivity index (χ1) is 14.4. The van der Waals surface area contributed by atoms with Crippen LogP contribution in [0, 0.1) is 0 Å². The topological polar surface area (TPSA) is 80.8 Å². The van der Waals surface area contributed by atoms with Gasteiger partial charge in [-0.2, -0.15) is 4.31 Å². The third kappa shape index (κ3) is 6.64. The van der Waals surface area contributed by atoms with Crippen molar-refractivity contribution in [3.63, 3.8) is 0 Å². The summed E-state index contributed by atoms with van der Waals surface area (Å²) >= 11 is 0. The third-order valence-electron chi connectivity index (χ3n) is 4.52. The molecule has 0 saturated heterocycles. The number of ketones is 1. The first kappa shape index (κ1) is 23.5. The van der Waals surface area contributed by atoms with E-state index in [1.807, 2.05) is 18.2 Å². The van der Waals surface area contributed by atoms with Crippen LogP contribution in [0.1, 0.15) is 42.6 Å². The SMILES string of the molecule is CCN(CC)S(=O)(=O)c1ccc(/C=C/C(=O)OCCCC(=O)c2ccccc2)cc1. The fourth-order valence-corrected chi connectivity index (χ4v) is 4.31. The molecule has 0 aliphatic heterocycles. The van der Waals surface area contributed by atoms with Crippen LogP contribution in [0.25, 0.3) is 6.08 Å². The summed E-state index contributed by atoms with van der Waals surface area (Å²) in [5.74, 6) is -0.496. The highest BCUT2D eigenvalue weighted by Gasteiger charge is 2.20. The second kappa shape index (κ2) is 11.4. The smallest absolute Gasteiger partial charge is 0.330 e. The Balaban J connectivity index is 1.81. The molecule has 160 valence electrons. The third-order valence-corrected chi connectivity index (χ3v) is 6.59. The van der Waals surface area contributed by atoms with Gasteiger partial charge in [-0.25, -0.2) is 13.2 Å². The van der Waals surface area contributed by atoms with Gasteiger partial charge >= 0.3 is 5.97 Å². The molecule has 30 heavy (non-hydrogen) atoms. The molecule has 0 saturated carbocycles. The van der Waals surface area contributed by atoms with Crippen LogP contribution in [0.4, 0.5) is 0 Å². The summed E-state index contributed by atoms with van der Waals surface area (Å²) in [6, 6.07) is 15.3. The van der Waals surface area contributed by atoms with Gasteiger partial charge in [0.05, 0.1) is 11.5 Å². The van der Waals surface area contributed by atoms with E-state index in [1.54, 1.807) is 44.2 Å². The van der Waals surface area contributed by atoms with Crippen LogP contribution in [0.15, 0.2) is 65.6 Å². The van der Waals surface area contributed by atoms with Crippen molar-refractivity contribution in [2.24, 2.45) is 0 Å². The Kier molecular flexibility index (Phi) is 8.95. The van der Waals surface area contributed by atoms with Gasteiger partial charge in [-0.1, -0.05) is 56.3 Å². The molecule has 0 aromatic heterocycles. The molecule has 0 aliphatic rings. The largest absolute Gasteiger partial charge is 0.463 e. The van der Waals surface area contributed by atoms with E-state index in [-0.39, 0.29) is 17.3 Å². The summed E-state index contributed by atoms with van der Waals surface area (Å²) in [6.45, 7) is 4.55. The molecule has 0 bridgehead atoms. The molecule has 2 aromatic carbocycles. The summed E-state index contributed by atoms with van der Waals surface area (Å²) in [7, 11) is -3.50. The first-order valence-electron chi connectivity index (χ1n) is 9.91. The average molecular weight is 430 g/mol. The number of benzene rings is 2. The maximum absolute atomic E-state index is 12.5. The number of carbonyl (C=O) groups excluding carboxylic acids is 2. The van der Waals surface area contributed by atoms with Gasteiger partial charge in [0.1, 0.15) is 0 Å². The Labute approximate surface area is 178 Å². The highest BCUT2D eigenvalue weighted by molar-refractivity contribution is 7.89. The molecule has 0 amide bonds. The monoisotopic (exact) mass is 429 g/mol. The van der Waals surface area contributed by atoms with E-state index in [9.17, 15) is 18.0 Å². The molecule has 0 unspecified atom stereocenters. The van der Waals surface area contributed by atoms with Gasteiger partial charge in [0.25, 0.3) is 0 Å². The number of rotatable bonds is 11. The fourth-order valence-electron chi connectivity index (χ4n) is 2.85. The molecule has 2 rings (SSSR count). The molecular weight excluding hydrogens is 402 g/mol. The van der Waals surface area contributed by atoms with E-state index in [0.29, 0.717) is 37.1 Å². The molecule has 0 radical (unpaired) electrons. The zero-order valence-corrected chi connectivity index (χ0v) is 18.1. The number of Topliss-reactive ketones (excluding diaryl/α,β-unsaturated/α-hetero) is 1. The normalized spacial score (nSPS) is 11.7. The van der Waals surface area contributed by atoms with Gasteiger partial charge in [-0.3, -0.25) is 4.79 Å². The summed E-state index contributed by atoms with van der Waals surface area (Å²) < 4.78 is 31.4. The molecule has 6 nitrogen and oxygen atoms in total. The fraction of sp³-hybridized carbons (Fsp3) is 0.304. The van der Waals surface area contributed by atoms with Crippen molar-refractivity contribution in [2.45, 2.75) is 31.6 Å². The lowest BCUT2D eigenvalue weighted by molar-refractivity contribution is -0.137. The van der Waals surface area contributed by atoms with E-state index in [4.69, 9.17) is 4.74 Å². The summed E-state index contributed by atoms with van der Waals surface area (Å²) in [6.07, 6.45) is 3.60. The highest BCUT2D eigenvalue weighted by Crippen LogP contribution is 2.16. The van der Waals surface area contributed by atoms with Crippen LogP contribution in [-0.2, 0) is 19.6 Å². The zero-order chi connectivity index (χ0) is 22.0. The highest BCUT2D eigenvalue weighted by atomic mass is 32.2. The number of hydrogen-bond acceptors (Lipinski definition) is 5. The zero-order valence-electron chi connectivity index (χ0n) is 17.3. The van der Waals surface area contributed by atoms with E-state index in [0.717, 1.165) is 0 Å². The van der Waals surface area contributed by atoms with Crippen molar-refractivity contribution in [3.05, 3.63) is 71.8 Å². The van der Waals surface area contributed by atoms with Gasteiger partial charge in [-0.15, -0.1) is 0 Å². The molecule has 7 heteroatoms. The standard InChI is InChI=1S/C23H27NO5S/c1-3-24(4-2)30(27,28)21-15-12-19(13-16-21)14-17-23(26)29-18-8-11-22(25)20-9-6-5-7-10-20/h5-7,9-10,12-17H,3-4,8,11,18H2,1-2H3/b17-14+. The lowest BCUT2D eigenvalue weighted by Gasteiger charge is -2.18. The predicted octanol–water partition coefficient (Wildman–Crippen LogP) is 3.94. The average Bonchev–Trinajstić information content (AvgIpc) is 2.76. The van der Waals surface area contributed by atoms with Gasteiger partial charge < -0.3 is 4.74 Å². The van der Waals surface area contributed by atoms with E-state index in [1.165, 1.54) is 22.5 Å².